The lowest BCUT2D eigenvalue weighted by atomic mass is 10.1. The summed E-state index contributed by atoms with van der Waals surface area (Å²) in [6.45, 7) is 2.64. The van der Waals surface area contributed by atoms with Crippen LogP contribution in [0.5, 0.6) is 0 Å². The van der Waals surface area contributed by atoms with Gasteiger partial charge in [-0.1, -0.05) is 28.8 Å². The van der Waals surface area contributed by atoms with Crippen molar-refractivity contribution in [2.45, 2.75) is 13.3 Å². The Labute approximate surface area is 119 Å². The van der Waals surface area contributed by atoms with Gasteiger partial charge < -0.3 is 4.90 Å². The molecule has 6 heteroatoms. The largest absolute Gasteiger partial charge is 0.328 e. The Bertz CT molecular complexity index is 537. The number of terminal acetylenes is 1. The van der Waals surface area contributed by atoms with Crippen molar-refractivity contribution in [3.63, 3.8) is 0 Å². The Morgan fingerprint density at radius 1 is 1.53 bits per heavy atom. The number of nitro groups is 1. The number of non-ortho nitro benzene ring substituents is 1. The van der Waals surface area contributed by atoms with Crippen LogP contribution in [0.3, 0.4) is 0 Å². The zero-order valence-electron chi connectivity index (χ0n) is 10.4. The second kappa shape index (κ2) is 6.90. The Hall–Kier alpha value is -1.87. The molecule has 0 unspecified atom stereocenters. The third-order valence-corrected chi connectivity index (χ3v) is 2.86. The van der Waals surface area contributed by atoms with Gasteiger partial charge in [0.1, 0.15) is 0 Å². The summed E-state index contributed by atoms with van der Waals surface area (Å²) in [5, 5.41) is 10.8. The van der Waals surface area contributed by atoms with Gasteiger partial charge in [-0.15, -0.1) is 6.42 Å². The van der Waals surface area contributed by atoms with E-state index in [1.54, 1.807) is 6.07 Å². The summed E-state index contributed by atoms with van der Waals surface area (Å²) < 4.78 is 0.488. The Morgan fingerprint density at radius 2 is 2.21 bits per heavy atom. The highest BCUT2D eigenvalue weighted by atomic mass is 79.9. The standard InChI is InChI=1S/C13H13BrN2O3/c1-3-5-15(6-4-2)13(17)10-7-11(14)9-12(8-10)16(18)19/h1,7-9H,4-6H2,2H3. The molecule has 0 fully saturated rings. The fraction of sp³-hybridized carbons (Fsp3) is 0.308. The van der Waals surface area contributed by atoms with Crippen LogP contribution < -0.4 is 0 Å². The number of carbonyl (C=O) groups is 1. The predicted octanol–water partition coefficient (Wildman–Crippen LogP) is 2.84. The Kier molecular flexibility index (Phi) is 5.52. The normalized spacial score (nSPS) is 9.74. The Balaban J connectivity index is 3.10. The number of hydrogen-bond donors (Lipinski definition) is 0. The van der Waals surface area contributed by atoms with E-state index in [-0.39, 0.29) is 23.7 Å². The monoisotopic (exact) mass is 324 g/mol. The zero-order valence-corrected chi connectivity index (χ0v) is 12.0. The quantitative estimate of drug-likeness (QED) is 0.475. The minimum Gasteiger partial charge on any atom is -0.328 e. The second-order valence-electron chi connectivity index (χ2n) is 3.89. The van der Waals surface area contributed by atoms with Gasteiger partial charge >= 0.3 is 0 Å². The van der Waals surface area contributed by atoms with Gasteiger partial charge in [0.15, 0.2) is 0 Å². The highest BCUT2D eigenvalue weighted by molar-refractivity contribution is 9.10. The Morgan fingerprint density at radius 3 is 2.74 bits per heavy atom. The molecule has 0 aromatic heterocycles. The molecule has 0 aliphatic heterocycles. The van der Waals surface area contributed by atoms with Crippen molar-refractivity contribution in [2.75, 3.05) is 13.1 Å². The van der Waals surface area contributed by atoms with Gasteiger partial charge in [-0.3, -0.25) is 14.9 Å². The number of rotatable bonds is 5. The summed E-state index contributed by atoms with van der Waals surface area (Å²) >= 11 is 3.16. The molecule has 5 nitrogen and oxygen atoms in total. The second-order valence-corrected chi connectivity index (χ2v) is 4.80. The molecule has 0 heterocycles. The van der Waals surface area contributed by atoms with E-state index >= 15 is 0 Å². The third-order valence-electron chi connectivity index (χ3n) is 2.40. The lowest BCUT2D eigenvalue weighted by molar-refractivity contribution is -0.385. The first-order valence-electron chi connectivity index (χ1n) is 5.67. The zero-order chi connectivity index (χ0) is 14.4. The lowest BCUT2D eigenvalue weighted by Crippen LogP contribution is -2.32. The van der Waals surface area contributed by atoms with Crippen LogP contribution >= 0.6 is 15.9 Å². The van der Waals surface area contributed by atoms with E-state index in [4.69, 9.17) is 6.42 Å². The maximum absolute atomic E-state index is 12.2. The molecular formula is C13H13BrN2O3. The molecule has 0 bridgehead atoms. The molecule has 0 radical (unpaired) electrons. The van der Waals surface area contributed by atoms with Crippen LogP contribution in [-0.4, -0.2) is 28.8 Å². The maximum atomic E-state index is 12.2. The van der Waals surface area contributed by atoms with Gasteiger partial charge in [-0.2, -0.15) is 0 Å². The van der Waals surface area contributed by atoms with E-state index < -0.39 is 4.92 Å². The molecule has 0 spiro atoms. The first kappa shape index (κ1) is 15.2. The van der Waals surface area contributed by atoms with E-state index in [1.807, 2.05) is 6.92 Å². The first-order chi connectivity index (χ1) is 8.99. The summed E-state index contributed by atoms with van der Waals surface area (Å²) in [6.07, 6.45) is 5.99. The van der Waals surface area contributed by atoms with Crippen molar-refractivity contribution >= 4 is 27.5 Å². The number of hydrogen-bond acceptors (Lipinski definition) is 3. The molecule has 19 heavy (non-hydrogen) atoms. The third kappa shape index (κ3) is 4.07. The van der Waals surface area contributed by atoms with E-state index in [2.05, 4.69) is 21.9 Å². The molecule has 0 atom stereocenters. The SMILES string of the molecule is C#CCN(CCC)C(=O)c1cc(Br)cc([N+](=O)[O-])c1. The van der Waals surface area contributed by atoms with Crippen molar-refractivity contribution in [3.8, 4) is 12.3 Å². The van der Waals surface area contributed by atoms with E-state index in [1.165, 1.54) is 17.0 Å². The van der Waals surface area contributed by atoms with Gasteiger partial charge in [0.2, 0.25) is 0 Å². The number of nitrogens with zero attached hydrogens (tertiary/aromatic N) is 2. The average Bonchev–Trinajstić information content (AvgIpc) is 2.37. The van der Waals surface area contributed by atoms with Gasteiger partial charge in [0, 0.05) is 28.7 Å². The molecule has 1 aromatic rings. The average molecular weight is 325 g/mol. The van der Waals surface area contributed by atoms with E-state index in [9.17, 15) is 14.9 Å². The van der Waals surface area contributed by atoms with Crippen molar-refractivity contribution in [1.29, 1.82) is 0 Å². The molecule has 0 saturated carbocycles. The van der Waals surface area contributed by atoms with Crippen molar-refractivity contribution < 1.29 is 9.72 Å². The lowest BCUT2D eigenvalue weighted by Gasteiger charge is -2.19. The minimum atomic E-state index is -0.535. The minimum absolute atomic E-state index is 0.130. The number of nitro benzene ring substituents is 1. The molecule has 0 aliphatic rings. The van der Waals surface area contributed by atoms with E-state index in [0.29, 0.717) is 11.0 Å². The molecule has 0 N–H and O–H groups in total. The number of halogens is 1. The first-order valence-corrected chi connectivity index (χ1v) is 6.46. The summed E-state index contributed by atoms with van der Waals surface area (Å²) in [6, 6.07) is 4.16. The van der Waals surface area contributed by atoms with Crippen LogP contribution in [0.1, 0.15) is 23.7 Å². The van der Waals surface area contributed by atoms with Crippen LogP contribution in [0.2, 0.25) is 0 Å². The fourth-order valence-electron chi connectivity index (χ4n) is 1.62. The highest BCUT2D eigenvalue weighted by Crippen LogP contribution is 2.22. The van der Waals surface area contributed by atoms with Crippen LogP contribution in [-0.2, 0) is 0 Å². The summed E-state index contributed by atoms with van der Waals surface area (Å²) in [4.78, 5) is 24.0. The fourth-order valence-corrected chi connectivity index (χ4v) is 2.10. The molecular weight excluding hydrogens is 312 g/mol. The maximum Gasteiger partial charge on any atom is 0.271 e. The van der Waals surface area contributed by atoms with Crippen molar-refractivity contribution in [2.24, 2.45) is 0 Å². The van der Waals surface area contributed by atoms with Crippen LogP contribution in [0.15, 0.2) is 22.7 Å². The molecule has 1 rings (SSSR count). The van der Waals surface area contributed by atoms with Gasteiger partial charge in [0.25, 0.3) is 11.6 Å². The molecule has 100 valence electrons. The van der Waals surface area contributed by atoms with Crippen LogP contribution in [0.4, 0.5) is 5.69 Å². The molecule has 0 saturated heterocycles. The summed E-state index contributed by atoms with van der Waals surface area (Å²) in [5.41, 5.74) is 0.125. The van der Waals surface area contributed by atoms with Crippen LogP contribution in [0.25, 0.3) is 0 Å². The number of benzene rings is 1. The van der Waals surface area contributed by atoms with Crippen molar-refractivity contribution in [1.82, 2.24) is 4.90 Å². The van der Waals surface area contributed by atoms with E-state index in [0.717, 1.165) is 6.42 Å². The van der Waals surface area contributed by atoms with Crippen LogP contribution in [0, 0.1) is 22.5 Å². The highest BCUT2D eigenvalue weighted by Gasteiger charge is 2.18. The smallest absolute Gasteiger partial charge is 0.271 e. The van der Waals surface area contributed by atoms with Crippen molar-refractivity contribution in [3.05, 3.63) is 38.3 Å². The topological polar surface area (TPSA) is 63.5 Å². The summed E-state index contributed by atoms with van der Waals surface area (Å²) in [7, 11) is 0. The van der Waals surface area contributed by atoms with Gasteiger partial charge in [-0.05, 0) is 12.5 Å². The molecule has 1 aromatic carbocycles. The predicted molar refractivity (Wildman–Crippen MR) is 75.8 cm³/mol. The molecule has 1 amide bonds. The molecule has 0 aliphatic carbocycles. The van der Waals surface area contributed by atoms with Gasteiger partial charge in [0.05, 0.1) is 11.5 Å². The number of amides is 1. The van der Waals surface area contributed by atoms with Gasteiger partial charge in [-0.25, -0.2) is 0 Å². The summed E-state index contributed by atoms with van der Waals surface area (Å²) in [5.74, 6) is 2.11. The number of carbonyl (C=O) groups excluding carboxylic acids is 1.